The quantitative estimate of drug-likeness (QED) is 0.215. The van der Waals surface area contributed by atoms with Gasteiger partial charge in [0.2, 0.25) is 0 Å². The number of carbonyl (C=O) groups is 2. The van der Waals surface area contributed by atoms with E-state index >= 15 is 0 Å². The third-order valence-electron chi connectivity index (χ3n) is 2.81. The van der Waals surface area contributed by atoms with Gasteiger partial charge in [-0.1, -0.05) is 0 Å². The maximum absolute atomic E-state index is 10.3. The second kappa shape index (κ2) is 10.5. The van der Waals surface area contributed by atoms with Crippen LogP contribution in [0.3, 0.4) is 0 Å². The average molecular weight is 293 g/mol. The van der Waals surface area contributed by atoms with E-state index in [4.69, 9.17) is 26.3 Å². The van der Waals surface area contributed by atoms with Gasteiger partial charge in [-0.25, -0.2) is 0 Å². The summed E-state index contributed by atoms with van der Waals surface area (Å²) < 4.78 is 0. The monoisotopic (exact) mass is 293 g/mol. The smallest absolute Gasteiger partial charge is 0.323 e. The minimum atomic E-state index is -1.04. The summed E-state index contributed by atoms with van der Waals surface area (Å²) in [5.74, 6) is -1.92. The molecule has 20 heavy (non-hydrogen) atoms. The van der Waals surface area contributed by atoms with Crippen LogP contribution in [0.4, 0.5) is 0 Å². The molecule has 3 atom stereocenters. The van der Waals surface area contributed by atoms with Crippen molar-refractivity contribution < 1.29 is 30.1 Å². The highest BCUT2D eigenvalue weighted by Crippen LogP contribution is 2.05. The van der Waals surface area contributed by atoms with Gasteiger partial charge in [0.1, 0.15) is 12.1 Å². The van der Waals surface area contributed by atoms with Crippen molar-refractivity contribution in [3.8, 4) is 0 Å². The fraction of sp³-hybridized carbons (Fsp3) is 0.818. The molecule has 1 heterocycles. The van der Waals surface area contributed by atoms with Crippen molar-refractivity contribution in [1.82, 2.24) is 10.8 Å². The van der Waals surface area contributed by atoms with E-state index < -0.39 is 30.1 Å². The van der Waals surface area contributed by atoms with Crippen LogP contribution in [0.5, 0.6) is 0 Å². The Morgan fingerprint density at radius 3 is 2.30 bits per heavy atom. The van der Waals surface area contributed by atoms with E-state index in [0.717, 1.165) is 6.42 Å². The molecule has 0 saturated carbocycles. The molecule has 1 saturated heterocycles. The van der Waals surface area contributed by atoms with Gasteiger partial charge in [0.15, 0.2) is 0 Å². The lowest BCUT2D eigenvalue weighted by Crippen LogP contribution is -2.34. The third kappa shape index (κ3) is 8.02. The SMILES string of the molecule is NCCCCC(NO)C(=O)O.O=C(O)C1CC(O)CN1. The molecule has 0 spiro atoms. The largest absolute Gasteiger partial charge is 0.480 e. The van der Waals surface area contributed by atoms with Crippen molar-refractivity contribution in [2.24, 2.45) is 5.73 Å². The number of nitrogens with two attached hydrogens (primary N) is 1. The van der Waals surface area contributed by atoms with Crippen LogP contribution in [0.2, 0.25) is 0 Å². The molecule has 1 aliphatic heterocycles. The van der Waals surface area contributed by atoms with Gasteiger partial charge in [-0.2, -0.15) is 5.48 Å². The molecule has 1 fully saturated rings. The summed E-state index contributed by atoms with van der Waals surface area (Å²) in [5, 5.41) is 36.6. The maximum atomic E-state index is 10.3. The van der Waals surface area contributed by atoms with Crippen LogP contribution in [0.15, 0.2) is 0 Å². The summed E-state index contributed by atoms with van der Waals surface area (Å²) in [5.41, 5.74) is 6.92. The standard InChI is InChI=1S/C6H14N2O3.C5H9NO3/c7-4-2-1-3-5(8-11)6(9)10;7-3-1-4(5(8)9)6-2-3/h5,8,11H,1-4,7H2,(H,9,10);3-4,6-7H,1-2H2,(H,8,9). The van der Waals surface area contributed by atoms with Gasteiger partial charge >= 0.3 is 11.9 Å². The van der Waals surface area contributed by atoms with E-state index in [1.54, 1.807) is 5.48 Å². The summed E-state index contributed by atoms with van der Waals surface area (Å²) >= 11 is 0. The fourth-order valence-corrected chi connectivity index (χ4v) is 1.64. The van der Waals surface area contributed by atoms with E-state index in [2.05, 4.69) is 5.32 Å². The third-order valence-corrected chi connectivity index (χ3v) is 2.81. The summed E-state index contributed by atoms with van der Waals surface area (Å²) in [6, 6.07) is -1.40. The first kappa shape index (κ1) is 18.7. The normalized spacial score (nSPS) is 22.8. The molecule has 0 bridgehead atoms. The van der Waals surface area contributed by atoms with Gasteiger partial charge < -0.3 is 31.6 Å². The molecule has 0 aliphatic carbocycles. The van der Waals surface area contributed by atoms with Crippen LogP contribution in [-0.4, -0.2) is 63.7 Å². The van der Waals surface area contributed by atoms with Crippen LogP contribution in [0, 0.1) is 0 Å². The molecular formula is C11H23N3O6. The lowest BCUT2D eigenvalue weighted by Gasteiger charge is -2.08. The highest BCUT2D eigenvalue weighted by atomic mass is 16.5. The molecule has 0 amide bonds. The second-order valence-corrected chi connectivity index (χ2v) is 4.49. The molecule has 0 aromatic rings. The number of rotatable bonds is 7. The number of hydrogen-bond donors (Lipinski definition) is 7. The van der Waals surface area contributed by atoms with Crippen molar-refractivity contribution in [3.63, 3.8) is 0 Å². The van der Waals surface area contributed by atoms with Crippen molar-refractivity contribution in [3.05, 3.63) is 0 Å². The Morgan fingerprint density at radius 1 is 1.35 bits per heavy atom. The molecule has 9 nitrogen and oxygen atoms in total. The lowest BCUT2D eigenvalue weighted by atomic mass is 10.1. The average Bonchev–Trinajstić information content (AvgIpc) is 2.82. The highest BCUT2D eigenvalue weighted by Gasteiger charge is 2.27. The van der Waals surface area contributed by atoms with Gasteiger partial charge in [-0.15, -0.1) is 0 Å². The minimum Gasteiger partial charge on any atom is -0.480 e. The van der Waals surface area contributed by atoms with E-state index in [1.165, 1.54) is 0 Å². The molecule has 118 valence electrons. The summed E-state index contributed by atoms with van der Waals surface area (Å²) in [6.07, 6.45) is 1.75. The van der Waals surface area contributed by atoms with Gasteiger partial charge in [0.05, 0.1) is 6.10 Å². The number of aliphatic hydroxyl groups is 1. The first-order valence-electron chi connectivity index (χ1n) is 6.39. The summed E-state index contributed by atoms with van der Waals surface area (Å²) in [4.78, 5) is 20.4. The Morgan fingerprint density at radius 2 is 2.00 bits per heavy atom. The number of unbranched alkanes of at least 4 members (excludes halogenated alkanes) is 1. The highest BCUT2D eigenvalue weighted by molar-refractivity contribution is 5.74. The van der Waals surface area contributed by atoms with Gasteiger partial charge in [-0.3, -0.25) is 9.59 Å². The van der Waals surface area contributed by atoms with E-state index in [-0.39, 0.29) is 0 Å². The Balaban J connectivity index is 0.000000367. The second-order valence-electron chi connectivity index (χ2n) is 4.49. The summed E-state index contributed by atoms with van der Waals surface area (Å²) in [7, 11) is 0. The number of carboxylic acid groups (broad SMARTS) is 2. The molecule has 1 rings (SSSR count). The van der Waals surface area contributed by atoms with Gasteiger partial charge in [0, 0.05) is 13.0 Å². The van der Waals surface area contributed by atoms with Crippen LogP contribution in [-0.2, 0) is 9.59 Å². The maximum Gasteiger partial charge on any atom is 0.323 e. The number of β-amino-alcohol motifs (C(OH)–C–C–N with tert-alkyl or cyclic N) is 1. The van der Waals surface area contributed by atoms with Crippen LogP contribution < -0.4 is 16.5 Å². The van der Waals surface area contributed by atoms with Crippen molar-refractivity contribution in [2.75, 3.05) is 13.1 Å². The number of aliphatic hydroxyl groups excluding tert-OH is 1. The van der Waals surface area contributed by atoms with Crippen LogP contribution in [0.1, 0.15) is 25.7 Å². The molecule has 3 unspecified atom stereocenters. The fourth-order valence-electron chi connectivity index (χ4n) is 1.64. The molecule has 1 aliphatic rings. The molecule has 9 heteroatoms. The summed E-state index contributed by atoms with van der Waals surface area (Å²) in [6.45, 7) is 0.953. The number of hydroxylamine groups is 1. The Hall–Kier alpha value is -1.26. The van der Waals surface area contributed by atoms with E-state index in [9.17, 15) is 9.59 Å². The van der Waals surface area contributed by atoms with Crippen LogP contribution in [0.25, 0.3) is 0 Å². The topological polar surface area (TPSA) is 165 Å². The predicted octanol–water partition coefficient (Wildman–Crippen LogP) is -1.66. The van der Waals surface area contributed by atoms with E-state index in [1.807, 2.05) is 0 Å². The first-order valence-corrected chi connectivity index (χ1v) is 6.39. The molecule has 0 aromatic heterocycles. The van der Waals surface area contributed by atoms with Crippen LogP contribution >= 0.6 is 0 Å². The zero-order valence-electron chi connectivity index (χ0n) is 11.2. The number of carboxylic acids is 2. The number of nitrogens with one attached hydrogen (secondary N) is 2. The predicted molar refractivity (Wildman–Crippen MR) is 69.3 cm³/mol. The first-order chi connectivity index (χ1) is 9.42. The number of hydrogen-bond acceptors (Lipinski definition) is 7. The molecule has 0 aromatic carbocycles. The van der Waals surface area contributed by atoms with E-state index in [0.29, 0.717) is 32.4 Å². The lowest BCUT2D eigenvalue weighted by molar-refractivity contribution is -0.142. The van der Waals surface area contributed by atoms with Crippen molar-refractivity contribution >= 4 is 11.9 Å². The zero-order valence-corrected chi connectivity index (χ0v) is 11.2. The Labute approximate surface area is 116 Å². The minimum absolute atomic E-state index is 0.329. The van der Waals surface area contributed by atoms with Crippen molar-refractivity contribution in [1.29, 1.82) is 0 Å². The van der Waals surface area contributed by atoms with Gasteiger partial charge in [0.25, 0.3) is 0 Å². The zero-order chi connectivity index (χ0) is 15.5. The number of aliphatic carboxylic acids is 2. The Bertz CT molecular complexity index is 302. The van der Waals surface area contributed by atoms with Gasteiger partial charge in [-0.05, 0) is 25.8 Å². The Kier molecular flexibility index (Phi) is 9.86. The molecule has 0 radical (unpaired) electrons. The van der Waals surface area contributed by atoms with Crippen molar-refractivity contribution in [2.45, 2.75) is 43.9 Å². The molecular weight excluding hydrogens is 270 g/mol. The molecule has 8 N–H and O–H groups in total.